The molecule has 0 aliphatic rings. The number of benzene rings is 1. The summed E-state index contributed by atoms with van der Waals surface area (Å²) >= 11 is 0. The fourth-order valence-corrected chi connectivity index (χ4v) is 2.16. The highest BCUT2D eigenvalue weighted by molar-refractivity contribution is 7.88. The third-order valence-corrected chi connectivity index (χ3v) is 3.58. The summed E-state index contributed by atoms with van der Waals surface area (Å²) in [4.78, 5) is 12.1. The Labute approximate surface area is 132 Å². The molecule has 1 amide bonds. The molecule has 6 nitrogen and oxygen atoms in total. The summed E-state index contributed by atoms with van der Waals surface area (Å²) in [6, 6.07) is 9.09. The van der Waals surface area contributed by atoms with Gasteiger partial charge in [0.1, 0.15) is 5.54 Å². The van der Waals surface area contributed by atoms with E-state index in [-0.39, 0.29) is 24.9 Å². The zero-order valence-electron chi connectivity index (χ0n) is 12.1. The lowest BCUT2D eigenvalue weighted by Crippen LogP contribution is -2.49. The number of nitrogens with two attached hydrogens (primary N) is 1. The number of rotatable bonds is 7. The van der Waals surface area contributed by atoms with E-state index in [1.54, 1.807) is 19.1 Å². The number of hydrogen-bond donors (Lipinski definition) is 3. The van der Waals surface area contributed by atoms with Crippen LogP contribution in [0, 0.1) is 0 Å². The lowest BCUT2D eigenvalue weighted by Gasteiger charge is -2.24. The topological polar surface area (TPSA) is 101 Å². The number of sulfonamides is 1. The van der Waals surface area contributed by atoms with Crippen LogP contribution in [0.15, 0.2) is 30.3 Å². The van der Waals surface area contributed by atoms with E-state index in [1.807, 2.05) is 18.2 Å². The van der Waals surface area contributed by atoms with Crippen molar-refractivity contribution >= 4 is 28.3 Å². The molecular weight excluding hydrogens is 314 g/mol. The van der Waals surface area contributed by atoms with Crippen molar-refractivity contribution in [2.45, 2.75) is 18.9 Å². The minimum atomic E-state index is -3.18. The van der Waals surface area contributed by atoms with E-state index in [0.717, 1.165) is 11.8 Å². The van der Waals surface area contributed by atoms with Crippen LogP contribution in [0.2, 0.25) is 0 Å². The van der Waals surface area contributed by atoms with Gasteiger partial charge in [-0.1, -0.05) is 30.3 Å². The van der Waals surface area contributed by atoms with E-state index in [9.17, 15) is 13.2 Å². The maximum atomic E-state index is 12.1. The second-order valence-electron chi connectivity index (χ2n) is 4.84. The second kappa shape index (κ2) is 8.33. The van der Waals surface area contributed by atoms with E-state index in [1.165, 1.54) is 0 Å². The molecule has 8 heteroatoms. The highest BCUT2D eigenvalue weighted by atomic mass is 35.5. The van der Waals surface area contributed by atoms with Crippen LogP contribution in [-0.2, 0) is 20.4 Å². The minimum absolute atomic E-state index is 0. The van der Waals surface area contributed by atoms with E-state index < -0.39 is 15.6 Å². The minimum Gasteiger partial charge on any atom is -0.354 e. The summed E-state index contributed by atoms with van der Waals surface area (Å²) in [5.74, 6) is -0.289. The lowest BCUT2D eigenvalue weighted by molar-refractivity contribution is -0.126. The van der Waals surface area contributed by atoms with E-state index in [0.29, 0.717) is 13.0 Å². The fourth-order valence-electron chi connectivity index (χ4n) is 1.65. The van der Waals surface area contributed by atoms with Gasteiger partial charge in [-0.3, -0.25) is 4.79 Å². The third kappa shape index (κ3) is 6.90. The molecule has 0 spiro atoms. The van der Waals surface area contributed by atoms with Crippen LogP contribution in [0.1, 0.15) is 18.9 Å². The van der Waals surface area contributed by atoms with Crippen molar-refractivity contribution in [1.82, 2.24) is 10.0 Å². The van der Waals surface area contributed by atoms with Gasteiger partial charge in [0.05, 0.1) is 6.26 Å². The standard InChI is InChI=1S/C13H21N3O3S.ClH/c1-13(14,11-7-4-3-5-8-11)12(17)15-9-6-10-16-20(2,18)19;/h3-5,7-8,16H,6,9-10,14H2,1-2H3,(H,15,17);1H. The molecule has 1 rings (SSSR count). The van der Waals surface area contributed by atoms with Gasteiger partial charge in [0.25, 0.3) is 0 Å². The molecular formula is C13H22ClN3O3S. The Bertz CT molecular complexity index is 547. The van der Waals surface area contributed by atoms with Crippen molar-refractivity contribution in [3.63, 3.8) is 0 Å². The molecule has 0 aliphatic heterocycles. The van der Waals surface area contributed by atoms with Gasteiger partial charge >= 0.3 is 0 Å². The van der Waals surface area contributed by atoms with Crippen molar-refractivity contribution in [2.75, 3.05) is 19.3 Å². The van der Waals surface area contributed by atoms with Gasteiger partial charge in [-0.25, -0.2) is 13.1 Å². The molecule has 21 heavy (non-hydrogen) atoms. The highest BCUT2D eigenvalue weighted by Gasteiger charge is 2.29. The van der Waals surface area contributed by atoms with Gasteiger partial charge in [0, 0.05) is 13.1 Å². The van der Waals surface area contributed by atoms with Crippen molar-refractivity contribution < 1.29 is 13.2 Å². The van der Waals surface area contributed by atoms with Crippen molar-refractivity contribution in [3.8, 4) is 0 Å². The number of amides is 1. The monoisotopic (exact) mass is 335 g/mol. The first-order valence-corrected chi connectivity index (χ1v) is 8.20. The van der Waals surface area contributed by atoms with Gasteiger partial charge in [-0.2, -0.15) is 0 Å². The first kappa shape index (κ1) is 19.9. The highest BCUT2D eigenvalue weighted by Crippen LogP contribution is 2.17. The summed E-state index contributed by atoms with van der Waals surface area (Å²) in [6.07, 6.45) is 1.60. The van der Waals surface area contributed by atoms with Crippen LogP contribution in [0.3, 0.4) is 0 Å². The Hall–Kier alpha value is -1.15. The Balaban J connectivity index is 0.00000400. The molecule has 4 N–H and O–H groups in total. The molecule has 0 radical (unpaired) electrons. The van der Waals surface area contributed by atoms with E-state index in [2.05, 4.69) is 10.0 Å². The van der Waals surface area contributed by atoms with Crippen LogP contribution in [0.4, 0.5) is 0 Å². The predicted octanol–water partition coefficient (Wildman–Crippen LogP) is 0.338. The van der Waals surface area contributed by atoms with Gasteiger partial charge in [0.2, 0.25) is 15.9 Å². The summed E-state index contributed by atoms with van der Waals surface area (Å²) in [5, 5.41) is 2.71. The molecule has 0 bridgehead atoms. The zero-order chi connectivity index (χ0) is 15.2. The largest absolute Gasteiger partial charge is 0.354 e. The zero-order valence-corrected chi connectivity index (χ0v) is 13.8. The molecule has 0 saturated carbocycles. The average molecular weight is 336 g/mol. The SMILES string of the molecule is CC(N)(C(=O)NCCCNS(C)(=O)=O)c1ccccc1.Cl. The Morgan fingerprint density at radius 1 is 1.24 bits per heavy atom. The Morgan fingerprint density at radius 3 is 2.33 bits per heavy atom. The van der Waals surface area contributed by atoms with Crippen LogP contribution in [0.5, 0.6) is 0 Å². The smallest absolute Gasteiger partial charge is 0.244 e. The summed E-state index contributed by atoms with van der Waals surface area (Å²) in [7, 11) is -3.18. The third-order valence-electron chi connectivity index (χ3n) is 2.85. The molecule has 1 unspecified atom stereocenters. The molecule has 0 fully saturated rings. The fraction of sp³-hybridized carbons (Fsp3) is 0.462. The molecule has 1 aromatic rings. The molecule has 0 heterocycles. The average Bonchev–Trinajstić information content (AvgIpc) is 2.37. The summed E-state index contributed by atoms with van der Waals surface area (Å²) in [6.45, 7) is 2.29. The molecule has 1 aromatic carbocycles. The van der Waals surface area contributed by atoms with Crippen molar-refractivity contribution in [1.29, 1.82) is 0 Å². The predicted molar refractivity (Wildman–Crippen MR) is 85.7 cm³/mol. The van der Waals surface area contributed by atoms with E-state index >= 15 is 0 Å². The van der Waals surface area contributed by atoms with Gasteiger partial charge in [0.15, 0.2) is 0 Å². The number of nitrogens with one attached hydrogen (secondary N) is 2. The maximum absolute atomic E-state index is 12.1. The first-order valence-electron chi connectivity index (χ1n) is 6.31. The number of carbonyl (C=O) groups is 1. The van der Waals surface area contributed by atoms with Crippen LogP contribution >= 0.6 is 12.4 Å². The quantitative estimate of drug-likeness (QED) is 0.625. The number of hydrogen-bond acceptors (Lipinski definition) is 4. The van der Waals surface area contributed by atoms with E-state index in [4.69, 9.17) is 5.73 Å². The van der Waals surface area contributed by atoms with Crippen LogP contribution < -0.4 is 15.8 Å². The first-order chi connectivity index (χ1) is 9.23. The molecule has 0 saturated heterocycles. The number of halogens is 1. The normalized spacial score (nSPS) is 13.9. The van der Waals surface area contributed by atoms with Crippen molar-refractivity contribution in [2.24, 2.45) is 5.73 Å². The van der Waals surface area contributed by atoms with Crippen LogP contribution in [0.25, 0.3) is 0 Å². The maximum Gasteiger partial charge on any atom is 0.244 e. The molecule has 120 valence electrons. The molecule has 0 aliphatic carbocycles. The van der Waals surface area contributed by atoms with Gasteiger partial charge in [-0.15, -0.1) is 12.4 Å². The second-order valence-corrected chi connectivity index (χ2v) is 6.68. The summed E-state index contributed by atoms with van der Waals surface area (Å²) < 4.78 is 24.1. The molecule has 0 aromatic heterocycles. The Kier molecular flexibility index (Phi) is 7.87. The van der Waals surface area contributed by atoms with Gasteiger partial charge < -0.3 is 11.1 Å². The van der Waals surface area contributed by atoms with Crippen molar-refractivity contribution in [3.05, 3.63) is 35.9 Å². The Morgan fingerprint density at radius 2 is 1.81 bits per heavy atom. The number of carbonyl (C=O) groups excluding carboxylic acids is 1. The lowest BCUT2D eigenvalue weighted by atomic mass is 9.92. The van der Waals surface area contributed by atoms with Crippen LogP contribution in [-0.4, -0.2) is 33.7 Å². The van der Waals surface area contributed by atoms with Gasteiger partial charge in [-0.05, 0) is 18.9 Å². The summed E-state index contributed by atoms with van der Waals surface area (Å²) in [5.41, 5.74) is 5.66. The molecule has 1 atom stereocenters.